The van der Waals surface area contributed by atoms with Crippen molar-refractivity contribution < 1.29 is 14.6 Å². The number of hydrogen-bond acceptors (Lipinski definition) is 5. The Labute approximate surface area is 161 Å². The molecule has 1 fully saturated rings. The molecule has 1 saturated heterocycles. The minimum absolute atomic E-state index is 0.0184. The Hall–Kier alpha value is -1.98. The number of aryl methyl sites for hydroxylation is 1. The summed E-state index contributed by atoms with van der Waals surface area (Å²) in [5, 5.41) is 9.27. The van der Waals surface area contributed by atoms with E-state index in [1.807, 2.05) is 12.1 Å². The fraction of sp³-hybridized carbons (Fsp3) is 0.545. The third-order valence-corrected chi connectivity index (χ3v) is 4.95. The Morgan fingerprint density at radius 1 is 1.11 bits per heavy atom. The van der Waals surface area contributed by atoms with Gasteiger partial charge in [0.15, 0.2) is 17.9 Å². The second kappa shape index (κ2) is 10.4. The number of nitrogens with zero attached hydrogens (tertiary/aromatic N) is 2. The van der Waals surface area contributed by atoms with Gasteiger partial charge in [0.25, 0.3) is 0 Å². The zero-order valence-electron chi connectivity index (χ0n) is 16.1. The lowest BCUT2D eigenvalue weighted by atomic mass is 10.0. The van der Waals surface area contributed by atoms with E-state index in [9.17, 15) is 5.11 Å². The van der Waals surface area contributed by atoms with E-state index in [0.29, 0.717) is 5.82 Å². The molecule has 0 radical (unpaired) electrons. The fourth-order valence-corrected chi connectivity index (χ4v) is 3.37. The van der Waals surface area contributed by atoms with Gasteiger partial charge in [0, 0.05) is 12.2 Å². The van der Waals surface area contributed by atoms with Gasteiger partial charge >= 0.3 is 0 Å². The number of aromatic nitrogens is 2. The molecule has 1 N–H and O–H groups in total. The molecule has 0 saturated carbocycles. The number of benzene rings is 1. The smallest absolute Gasteiger partial charge is 0.159 e. The molecule has 1 aromatic carbocycles. The molecule has 1 aromatic heterocycles. The Morgan fingerprint density at radius 3 is 2.59 bits per heavy atom. The monoisotopic (exact) mass is 370 g/mol. The summed E-state index contributed by atoms with van der Waals surface area (Å²) in [7, 11) is 0. The molecule has 5 nitrogen and oxygen atoms in total. The molecule has 0 spiro atoms. The largest absolute Gasteiger partial charge is 0.505 e. The first-order valence-corrected chi connectivity index (χ1v) is 10.1. The molecular formula is C22H30N2O3. The summed E-state index contributed by atoms with van der Waals surface area (Å²) in [5.41, 5.74) is 2.30. The quantitative estimate of drug-likeness (QED) is 0.637. The Balaban J connectivity index is 1.32. The van der Waals surface area contributed by atoms with E-state index in [-0.39, 0.29) is 18.1 Å². The van der Waals surface area contributed by atoms with Crippen LogP contribution in [0.15, 0.2) is 36.7 Å². The number of unbranched alkanes of at least 4 members (excludes halogenated alkanes) is 2. The lowest BCUT2D eigenvalue weighted by Gasteiger charge is -2.26. The maximum absolute atomic E-state index is 9.27. The third-order valence-electron chi connectivity index (χ3n) is 4.95. The molecule has 0 amide bonds. The van der Waals surface area contributed by atoms with Gasteiger partial charge in [-0.3, -0.25) is 0 Å². The highest BCUT2D eigenvalue weighted by atomic mass is 16.7. The topological polar surface area (TPSA) is 64.5 Å². The van der Waals surface area contributed by atoms with Crippen LogP contribution in [0.25, 0.3) is 11.4 Å². The molecular weight excluding hydrogens is 340 g/mol. The van der Waals surface area contributed by atoms with Gasteiger partial charge in [-0.2, -0.15) is 0 Å². The van der Waals surface area contributed by atoms with Gasteiger partial charge in [0.05, 0.1) is 18.5 Å². The van der Waals surface area contributed by atoms with Crippen molar-refractivity contribution in [3.63, 3.8) is 0 Å². The zero-order valence-corrected chi connectivity index (χ0v) is 16.1. The summed E-state index contributed by atoms with van der Waals surface area (Å²) in [5.74, 6) is 0.719. The summed E-state index contributed by atoms with van der Waals surface area (Å²) in [6.07, 6.45) is 12.3. The third kappa shape index (κ3) is 6.60. The van der Waals surface area contributed by atoms with Gasteiger partial charge in [-0.25, -0.2) is 9.97 Å². The Bertz CT molecular complexity index is 667. The van der Waals surface area contributed by atoms with Crippen molar-refractivity contribution in [1.82, 2.24) is 9.97 Å². The number of rotatable bonds is 9. The highest BCUT2D eigenvalue weighted by Crippen LogP contribution is 2.19. The van der Waals surface area contributed by atoms with Crippen LogP contribution in [-0.2, 0) is 15.9 Å². The van der Waals surface area contributed by atoms with E-state index < -0.39 is 0 Å². The highest BCUT2D eigenvalue weighted by Gasteiger charge is 2.16. The summed E-state index contributed by atoms with van der Waals surface area (Å²) in [6.45, 7) is 3.00. The van der Waals surface area contributed by atoms with Crippen LogP contribution >= 0.6 is 0 Å². The van der Waals surface area contributed by atoms with Crippen molar-refractivity contribution >= 4 is 0 Å². The fourth-order valence-electron chi connectivity index (χ4n) is 3.37. The first-order valence-electron chi connectivity index (χ1n) is 10.1. The van der Waals surface area contributed by atoms with Crippen molar-refractivity contribution in [3.8, 4) is 17.1 Å². The average molecular weight is 370 g/mol. The van der Waals surface area contributed by atoms with Gasteiger partial charge in [-0.1, -0.05) is 37.1 Å². The van der Waals surface area contributed by atoms with Crippen molar-refractivity contribution in [2.45, 2.75) is 70.7 Å². The molecule has 0 aliphatic carbocycles. The van der Waals surface area contributed by atoms with Crippen molar-refractivity contribution in [2.24, 2.45) is 0 Å². The lowest BCUT2D eigenvalue weighted by molar-refractivity contribution is -0.185. The first-order chi connectivity index (χ1) is 13.2. The molecule has 2 unspecified atom stereocenters. The molecule has 5 heteroatoms. The normalized spacial score (nSPS) is 18.3. The highest BCUT2D eigenvalue weighted by molar-refractivity contribution is 5.55. The van der Waals surface area contributed by atoms with E-state index in [4.69, 9.17) is 9.47 Å². The van der Waals surface area contributed by atoms with E-state index in [2.05, 4.69) is 29.0 Å². The van der Waals surface area contributed by atoms with Crippen molar-refractivity contribution in [1.29, 1.82) is 0 Å². The number of hydrogen-bond donors (Lipinski definition) is 1. The predicted octanol–water partition coefficient (Wildman–Crippen LogP) is 4.88. The van der Waals surface area contributed by atoms with Gasteiger partial charge in [0.2, 0.25) is 0 Å². The lowest BCUT2D eigenvalue weighted by Crippen LogP contribution is -2.26. The van der Waals surface area contributed by atoms with E-state index in [1.165, 1.54) is 43.6 Å². The molecule has 2 aromatic rings. The minimum Gasteiger partial charge on any atom is -0.505 e. The van der Waals surface area contributed by atoms with Gasteiger partial charge in [-0.15, -0.1) is 0 Å². The molecule has 3 rings (SSSR count). The van der Waals surface area contributed by atoms with Crippen LogP contribution in [0.2, 0.25) is 0 Å². The van der Waals surface area contributed by atoms with E-state index in [1.54, 1.807) is 0 Å². The summed E-state index contributed by atoms with van der Waals surface area (Å²) in [6, 6.07) is 8.36. The van der Waals surface area contributed by atoms with Crippen molar-refractivity contribution in [2.75, 3.05) is 6.61 Å². The Morgan fingerprint density at radius 2 is 1.89 bits per heavy atom. The Kier molecular flexibility index (Phi) is 7.60. The van der Waals surface area contributed by atoms with Crippen LogP contribution in [0.5, 0.6) is 5.75 Å². The predicted molar refractivity (Wildman–Crippen MR) is 105 cm³/mol. The van der Waals surface area contributed by atoms with Crippen molar-refractivity contribution in [3.05, 3.63) is 42.2 Å². The summed E-state index contributed by atoms with van der Waals surface area (Å²) in [4.78, 5) is 8.28. The van der Waals surface area contributed by atoms with Gasteiger partial charge < -0.3 is 14.6 Å². The SMILES string of the molecule is CC(CCCCCc1ccc(-c2ncc(O)cn2)cc1)OC1CCCCO1. The molecule has 2 atom stereocenters. The van der Waals surface area contributed by atoms with Crippen LogP contribution in [-0.4, -0.2) is 34.1 Å². The molecule has 1 aliphatic rings. The van der Waals surface area contributed by atoms with Crippen LogP contribution < -0.4 is 0 Å². The van der Waals surface area contributed by atoms with Gasteiger partial charge in [-0.05, 0) is 51.0 Å². The van der Waals surface area contributed by atoms with Crippen LogP contribution in [0.1, 0.15) is 57.4 Å². The van der Waals surface area contributed by atoms with E-state index >= 15 is 0 Å². The second-order valence-corrected chi connectivity index (χ2v) is 7.30. The average Bonchev–Trinajstić information content (AvgIpc) is 2.70. The summed E-state index contributed by atoms with van der Waals surface area (Å²) >= 11 is 0. The minimum atomic E-state index is 0.0184. The van der Waals surface area contributed by atoms with Gasteiger partial charge in [0.1, 0.15) is 0 Å². The summed E-state index contributed by atoms with van der Waals surface area (Å²) < 4.78 is 11.6. The number of aromatic hydroxyl groups is 1. The molecule has 0 bridgehead atoms. The van der Waals surface area contributed by atoms with Crippen LogP contribution in [0.3, 0.4) is 0 Å². The van der Waals surface area contributed by atoms with Crippen LogP contribution in [0.4, 0.5) is 0 Å². The first kappa shape index (κ1) is 19.8. The molecule has 2 heterocycles. The zero-order chi connectivity index (χ0) is 18.9. The van der Waals surface area contributed by atoms with E-state index in [0.717, 1.165) is 37.9 Å². The standard InChI is InChI=1S/C22H30N2O3/c1-17(27-21-9-5-6-14-26-21)7-3-2-4-8-18-10-12-19(13-11-18)22-23-15-20(25)16-24-22/h10-13,15-17,21,25H,2-9,14H2,1H3. The molecule has 27 heavy (non-hydrogen) atoms. The van der Waals surface area contributed by atoms with Crippen LogP contribution in [0, 0.1) is 0 Å². The maximum Gasteiger partial charge on any atom is 0.159 e. The molecule has 146 valence electrons. The second-order valence-electron chi connectivity index (χ2n) is 7.30. The molecule has 1 aliphatic heterocycles. The maximum atomic E-state index is 9.27. The number of ether oxygens (including phenoxy) is 2.